The van der Waals surface area contributed by atoms with Gasteiger partial charge in [-0.3, -0.25) is 14.0 Å². The molecule has 2 aromatic heterocycles. The van der Waals surface area contributed by atoms with Crippen molar-refractivity contribution in [2.75, 3.05) is 24.6 Å². The fraction of sp³-hybridized carbons (Fsp3) is 0.391. The highest BCUT2D eigenvalue weighted by molar-refractivity contribution is 5.59. The molecule has 182 valence electrons. The highest BCUT2D eigenvalue weighted by Gasteiger charge is 2.34. The zero-order chi connectivity index (χ0) is 24.5. The van der Waals surface area contributed by atoms with Crippen LogP contribution in [0.25, 0.3) is 5.69 Å². The number of hydrogen-bond acceptors (Lipinski definition) is 5. The van der Waals surface area contributed by atoms with Crippen LogP contribution in [-0.2, 0) is 17.7 Å². The Bertz CT molecular complexity index is 1220. The van der Waals surface area contributed by atoms with E-state index in [0.717, 1.165) is 16.2 Å². The van der Waals surface area contributed by atoms with E-state index in [1.54, 1.807) is 34.1 Å². The molecule has 0 N–H and O–H groups in total. The maximum atomic E-state index is 15.3. The second kappa shape index (κ2) is 9.49. The summed E-state index contributed by atoms with van der Waals surface area (Å²) in [6.45, 7) is 5.59. The summed E-state index contributed by atoms with van der Waals surface area (Å²) < 4.78 is 66.5. The number of benzene rings is 1. The molecule has 34 heavy (non-hydrogen) atoms. The normalized spacial score (nSPS) is 16.6. The summed E-state index contributed by atoms with van der Waals surface area (Å²) in [4.78, 5) is 15.0. The molecular formula is C23H24F4N4O3. The Morgan fingerprint density at radius 1 is 1.29 bits per heavy atom. The summed E-state index contributed by atoms with van der Waals surface area (Å²) in [5.41, 5.74) is 0.561. The molecule has 1 aliphatic heterocycles. The van der Waals surface area contributed by atoms with Crippen molar-refractivity contribution in [1.82, 2.24) is 14.3 Å². The number of hydrogen-bond donors (Lipinski definition) is 0. The van der Waals surface area contributed by atoms with Crippen LogP contribution in [0.2, 0.25) is 0 Å². The standard InChI is InChI=1S/C23H24F4N4O3/c1-3-30-14-16(12-28-30)9-17-5-4-6-31(22(17)32)19-10-18(29-7-8-33-15(2)13-29)11-20(21(19)24)34-23(25,26)27/h4-6,10-12,14-15H,3,7-9,13H2,1-2H3/t15-/m1/s1. The van der Waals surface area contributed by atoms with Crippen LogP contribution in [0.3, 0.4) is 0 Å². The summed E-state index contributed by atoms with van der Waals surface area (Å²) in [6, 6.07) is 5.50. The maximum absolute atomic E-state index is 15.3. The quantitative estimate of drug-likeness (QED) is 0.501. The van der Waals surface area contributed by atoms with Gasteiger partial charge in [-0.25, -0.2) is 4.39 Å². The number of aromatic nitrogens is 3. The summed E-state index contributed by atoms with van der Waals surface area (Å²) in [5.74, 6) is -2.28. The molecule has 1 saturated heterocycles. The van der Waals surface area contributed by atoms with Crippen molar-refractivity contribution < 1.29 is 27.0 Å². The molecule has 3 aromatic rings. The third-order valence-electron chi connectivity index (χ3n) is 5.53. The van der Waals surface area contributed by atoms with Gasteiger partial charge in [-0.1, -0.05) is 6.07 Å². The van der Waals surface area contributed by atoms with Crippen LogP contribution in [-0.4, -0.2) is 46.5 Å². The fourth-order valence-corrected chi connectivity index (χ4v) is 3.93. The molecule has 0 spiro atoms. The van der Waals surface area contributed by atoms with Crippen molar-refractivity contribution in [1.29, 1.82) is 0 Å². The van der Waals surface area contributed by atoms with E-state index in [1.165, 1.54) is 12.3 Å². The Labute approximate surface area is 193 Å². The largest absolute Gasteiger partial charge is 0.573 e. The third kappa shape index (κ3) is 5.24. The van der Waals surface area contributed by atoms with Crippen LogP contribution in [0.5, 0.6) is 5.75 Å². The lowest BCUT2D eigenvalue weighted by Gasteiger charge is -2.33. The zero-order valence-electron chi connectivity index (χ0n) is 18.7. The summed E-state index contributed by atoms with van der Waals surface area (Å²) >= 11 is 0. The Balaban J connectivity index is 1.78. The van der Waals surface area contributed by atoms with Gasteiger partial charge in [0.1, 0.15) is 0 Å². The Hall–Kier alpha value is -3.34. The van der Waals surface area contributed by atoms with E-state index in [9.17, 15) is 18.0 Å². The number of anilines is 1. The molecule has 0 aliphatic carbocycles. The maximum Gasteiger partial charge on any atom is 0.573 e. The van der Waals surface area contributed by atoms with Crippen molar-refractivity contribution >= 4 is 5.69 Å². The van der Waals surface area contributed by atoms with Gasteiger partial charge in [0.15, 0.2) is 11.6 Å². The van der Waals surface area contributed by atoms with Crippen LogP contribution in [0.4, 0.5) is 23.2 Å². The molecule has 0 saturated carbocycles. The van der Waals surface area contributed by atoms with Gasteiger partial charge in [-0.05, 0) is 31.5 Å². The molecule has 11 heteroatoms. The molecule has 0 unspecified atom stereocenters. The van der Waals surface area contributed by atoms with Gasteiger partial charge in [0.25, 0.3) is 5.56 Å². The lowest BCUT2D eigenvalue weighted by atomic mass is 10.1. The molecule has 4 rings (SSSR count). The number of nitrogens with zero attached hydrogens (tertiary/aromatic N) is 4. The lowest BCUT2D eigenvalue weighted by Crippen LogP contribution is -2.41. The molecule has 3 heterocycles. The Kier molecular flexibility index (Phi) is 6.65. The molecular weight excluding hydrogens is 456 g/mol. The molecule has 1 atom stereocenters. The van der Waals surface area contributed by atoms with Crippen molar-refractivity contribution in [2.45, 2.75) is 39.3 Å². The van der Waals surface area contributed by atoms with Crippen LogP contribution >= 0.6 is 0 Å². The summed E-state index contributed by atoms with van der Waals surface area (Å²) in [7, 11) is 0. The van der Waals surface area contributed by atoms with Crippen LogP contribution < -0.4 is 15.2 Å². The van der Waals surface area contributed by atoms with Crippen LogP contribution in [0.15, 0.2) is 47.7 Å². The smallest absolute Gasteiger partial charge is 0.402 e. The molecule has 1 fully saturated rings. The number of morpholine rings is 1. The first-order valence-electron chi connectivity index (χ1n) is 10.8. The number of ether oxygens (including phenoxy) is 2. The lowest BCUT2D eigenvalue weighted by molar-refractivity contribution is -0.275. The summed E-state index contributed by atoms with van der Waals surface area (Å²) in [6.07, 6.45) is -0.259. The average Bonchev–Trinajstić information content (AvgIpc) is 3.23. The second-order valence-electron chi connectivity index (χ2n) is 8.04. The minimum Gasteiger partial charge on any atom is -0.402 e. The minimum atomic E-state index is -5.10. The molecule has 0 radical (unpaired) electrons. The van der Waals surface area contributed by atoms with Crippen molar-refractivity contribution in [3.8, 4) is 11.4 Å². The van der Waals surface area contributed by atoms with Gasteiger partial charge < -0.3 is 14.4 Å². The van der Waals surface area contributed by atoms with E-state index < -0.39 is 23.5 Å². The minimum absolute atomic E-state index is 0.163. The fourth-order valence-electron chi connectivity index (χ4n) is 3.93. The third-order valence-corrected chi connectivity index (χ3v) is 5.53. The number of halogens is 4. The van der Waals surface area contributed by atoms with Crippen molar-refractivity contribution in [3.63, 3.8) is 0 Å². The van der Waals surface area contributed by atoms with Gasteiger partial charge in [0.2, 0.25) is 0 Å². The monoisotopic (exact) mass is 480 g/mol. The zero-order valence-corrected chi connectivity index (χ0v) is 18.7. The van der Waals surface area contributed by atoms with E-state index in [-0.39, 0.29) is 18.2 Å². The van der Waals surface area contributed by atoms with Gasteiger partial charge in [0.05, 0.1) is 24.6 Å². The van der Waals surface area contributed by atoms with Gasteiger partial charge >= 0.3 is 6.36 Å². The van der Waals surface area contributed by atoms with E-state index >= 15 is 4.39 Å². The molecule has 7 nitrogen and oxygen atoms in total. The van der Waals surface area contributed by atoms with Gasteiger partial charge in [-0.2, -0.15) is 5.10 Å². The highest BCUT2D eigenvalue weighted by atomic mass is 19.4. The summed E-state index contributed by atoms with van der Waals surface area (Å²) in [5, 5.41) is 4.18. The SMILES string of the molecule is CCn1cc(Cc2cccn(-c3cc(N4CCO[C@H](C)C4)cc(OC(F)(F)F)c3F)c2=O)cn1. The van der Waals surface area contributed by atoms with E-state index in [0.29, 0.717) is 37.5 Å². The predicted octanol–water partition coefficient (Wildman–Crippen LogP) is 3.91. The number of pyridine rings is 1. The van der Waals surface area contributed by atoms with Gasteiger partial charge in [-0.15, -0.1) is 13.2 Å². The molecule has 0 bridgehead atoms. The number of rotatable bonds is 6. The van der Waals surface area contributed by atoms with Crippen molar-refractivity contribution in [3.05, 3.63) is 70.2 Å². The van der Waals surface area contributed by atoms with E-state index in [4.69, 9.17) is 4.74 Å². The van der Waals surface area contributed by atoms with E-state index in [2.05, 4.69) is 9.84 Å². The van der Waals surface area contributed by atoms with Crippen LogP contribution in [0.1, 0.15) is 25.0 Å². The number of alkyl halides is 3. The Morgan fingerprint density at radius 2 is 2.09 bits per heavy atom. The van der Waals surface area contributed by atoms with Crippen LogP contribution in [0, 0.1) is 5.82 Å². The average molecular weight is 480 g/mol. The molecule has 0 amide bonds. The first-order chi connectivity index (χ1) is 16.1. The first kappa shape index (κ1) is 23.8. The topological polar surface area (TPSA) is 61.5 Å². The predicted molar refractivity (Wildman–Crippen MR) is 117 cm³/mol. The van der Waals surface area contributed by atoms with Crippen molar-refractivity contribution in [2.24, 2.45) is 0 Å². The van der Waals surface area contributed by atoms with E-state index in [1.807, 2.05) is 13.8 Å². The number of aryl methyl sites for hydroxylation is 1. The molecule has 1 aliphatic rings. The first-order valence-corrected chi connectivity index (χ1v) is 10.8. The second-order valence-corrected chi connectivity index (χ2v) is 8.04. The Morgan fingerprint density at radius 3 is 2.76 bits per heavy atom. The van der Waals surface area contributed by atoms with Gasteiger partial charge in [0, 0.05) is 55.8 Å². The molecule has 1 aromatic carbocycles. The highest BCUT2D eigenvalue weighted by Crippen LogP contribution is 2.34.